The van der Waals surface area contributed by atoms with Gasteiger partial charge in [0.2, 0.25) is 0 Å². The van der Waals surface area contributed by atoms with Crippen LogP contribution >= 0.6 is 39.0 Å². The van der Waals surface area contributed by atoms with Gasteiger partial charge in [-0.25, -0.2) is 9.97 Å². The molecule has 1 amide bonds. The van der Waals surface area contributed by atoms with E-state index in [1.54, 1.807) is 24.7 Å². The van der Waals surface area contributed by atoms with E-state index < -0.39 is 6.10 Å². The summed E-state index contributed by atoms with van der Waals surface area (Å²) in [5, 5.41) is 17.0. The normalized spacial score (nSPS) is 11.7. The number of carbonyl (C=O) groups excluding carboxylic acids is 1. The summed E-state index contributed by atoms with van der Waals surface area (Å²) in [6, 6.07) is 16.5. The molecule has 4 aromatic rings. The lowest BCUT2D eigenvalue weighted by Gasteiger charge is -2.12. The van der Waals surface area contributed by atoms with E-state index in [0.717, 1.165) is 30.1 Å². The van der Waals surface area contributed by atoms with Crippen molar-refractivity contribution in [2.75, 3.05) is 11.9 Å². The minimum absolute atomic E-state index is 0.0890. The van der Waals surface area contributed by atoms with Crippen LogP contribution in [0.4, 0.5) is 10.9 Å². The quantitative estimate of drug-likeness (QED) is 0.294. The highest BCUT2D eigenvalue weighted by molar-refractivity contribution is 9.10. The SMILES string of the molecule is O=C(NCC(O)c1cccc(Br)c1)c1cc(Sc2cnc(Nc3ccccn3)s2)ccn1. The van der Waals surface area contributed by atoms with Gasteiger partial charge >= 0.3 is 0 Å². The molecule has 0 saturated heterocycles. The highest BCUT2D eigenvalue weighted by atomic mass is 79.9. The van der Waals surface area contributed by atoms with E-state index in [0.29, 0.717) is 0 Å². The van der Waals surface area contributed by atoms with Crippen molar-refractivity contribution in [1.82, 2.24) is 20.3 Å². The average molecular weight is 528 g/mol. The van der Waals surface area contributed by atoms with E-state index in [4.69, 9.17) is 0 Å². The highest BCUT2D eigenvalue weighted by Crippen LogP contribution is 2.34. The van der Waals surface area contributed by atoms with Crippen LogP contribution in [0, 0.1) is 0 Å². The molecule has 3 aromatic heterocycles. The number of aliphatic hydroxyl groups is 1. The number of hydrogen-bond donors (Lipinski definition) is 3. The lowest BCUT2D eigenvalue weighted by Crippen LogP contribution is -2.29. The molecule has 0 fully saturated rings. The second-order valence-corrected chi connectivity index (χ2v) is 9.90. The number of pyridine rings is 2. The van der Waals surface area contributed by atoms with E-state index in [9.17, 15) is 9.90 Å². The van der Waals surface area contributed by atoms with Crippen molar-refractivity contribution in [2.24, 2.45) is 0 Å². The number of benzene rings is 1. The number of nitrogens with zero attached hydrogens (tertiary/aromatic N) is 3. The number of aromatic nitrogens is 3. The topological polar surface area (TPSA) is 100 Å². The van der Waals surface area contributed by atoms with Gasteiger partial charge < -0.3 is 15.7 Å². The summed E-state index contributed by atoms with van der Waals surface area (Å²) in [6.45, 7) is 0.0890. The van der Waals surface area contributed by atoms with Crippen molar-refractivity contribution in [3.63, 3.8) is 0 Å². The molecule has 4 rings (SSSR count). The van der Waals surface area contributed by atoms with Crippen molar-refractivity contribution in [3.8, 4) is 0 Å². The Morgan fingerprint density at radius 1 is 1.09 bits per heavy atom. The number of carbonyl (C=O) groups is 1. The van der Waals surface area contributed by atoms with Crippen LogP contribution in [0.3, 0.4) is 0 Å². The molecule has 3 heterocycles. The molecule has 10 heteroatoms. The maximum atomic E-state index is 12.5. The van der Waals surface area contributed by atoms with Gasteiger partial charge in [-0.2, -0.15) is 0 Å². The van der Waals surface area contributed by atoms with Gasteiger partial charge in [-0.3, -0.25) is 9.78 Å². The Kier molecular flexibility index (Phi) is 7.48. The molecule has 0 aliphatic carbocycles. The van der Waals surface area contributed by atoms with Crippen molar-refractivity contribution in [2.45, 2.75) is 15.2 Å². The maximum Gasteiger partial charge on any atom is 0.270 e. The van der Waals surface area contributed by atoms with Crippen LogP contribution in [0.25, 0.3) is 0 Å². The second kappa shape index (κ2) is 10.7. The van der Waals surface area contributed by atoms with Gasteiger partial charge in [0.25, 0.3) is 5.91 Å². The van der Waals surface area contributed by atoms with Crippen molar-refractivity contribution in [3.05, 3.63) is 88.9 Å². The summed E-state index contributed by atoms with van der Waals surface area (Å²) in [7, 11) is 0. The van der Waals surface area contributed by atoms with E-state index in [1.807, 2.05) is 48.5 Å². The fourth-order valence-electron chi connectivity index (χ4n) is 2.74. The zero-order chi connectivity index (χ0) is 22.3. The molecule has 1 atom stereocenters. The number of hydrogen-bond acceptors (Lipinski definition) is 8. The van der Waals surface area contributed by atoms with Crippen LogP contribution in [-0.4, -0.2) is 32.5 Å². The van der Waals surface area contributed by atoms with Gasteiger partial charge in [-0.15, -0.1) is 0 Å². The summed E-state index contributed by atoms with van der Waals surface area (Å²) in [5.41, 5.74) is 1.00. The Hall–Kier alpha value is -2.79. The molecule has 32 heavy (non-hydrogen) atoms. The minimum Gasteiger partial charge on any atom is -0.387 e. The molecule has 0 radical (unpaired) electrons. The van der Waals surface area contributed by atoms with E-state index >= 15 is 0 Å². The molecule has 0 aliphatic rings. The number of amides is 1. The Bertz CT molecular complexity index is 1210. The minimum atomic E-state index is -0.809. The number of halogens is 1. The summed E-state index contributed by atoms with van der Waals surface area (Å²) >= 11 is 6.37. The molecule has 1 unspecified atom stereocenters. The number of thiazole rings is 1. The maximum absolute atomic E-state index is 12.5. The Balaban J connectivity index is 1.35. The Morgan fingerprint density at radius 2 is 2.00 bits per heavy atom. The third kappa shape index (κ3) is 6.13. The zero-order valence-corrected chi connectivity index (χ0v) is 19.8. The molecule has 0 bridgehead atoms. The fourth-order valence-corrected chi connectivity index (χ4v) is 5.04. The van der Waals surface area contributed by atoms with Crippen LogP contribution in [0.1, 0.15) is 22.2 Å². The number of nitrogens with one attached hydrogen (secondary N) is 2. The third-order valence-electron chi connectivity index (χ3n) is 4.26. The first-order chi connectivity index (χ1) is 15.6. The lowest BCUT2D eigenvalue weighted by atomic mass is 10.1. The summed E-state index contributed by atoms with van der Waals surface area (Å²) in [4.78, 5) is 26.2. The van der Waals surface area contributed by atoms with Gasteiger partial charge in [0.05, 0.1) is 16.5 Å². The molecular formula is C22H18BrN5O2S2. The van der Waals surface area contributed by atoms with Gasteiger partial charge in [-0.05, 0) is 42.0 Å². The Morgan fingerprint density at radius 3 is 2.81 bits per heavy atom. The third-order valence-corrected chi connectivity index (χ3v) is 6.75. The van der Waals surface area contributed by atoms with Crippen LogP contribution in [0.2, 0.25) is 0 Å². The predicted octanol–water partition coefficient (Wildman–Crippen LogP) is 5.05. The molecule has 0 aliphatic heterocycles. The Labute approximate surface area is 201 Å². The van der Waals surface area contributed by atoms with Crippen molar-refractivity contribution in [1.29, 1.82) is 0 Å². The van der Waals surface area contributed by atoms with Crippen molar-refractivity contribution >= 4 is 55.9 Å². The molecule has 7 nitrogen and oxygen atoms in total. The summed E-state index contributed by atoms with van der Waals surface area (Å²) in [6.07, 6.45) is 4.27. The molecule has 162 valence electrons. The van der Waals surface area contributed by atoms with E-state index in [1.165, 1.54) is 23.1 Å². The largest absolute Gasteiger partial charge is 0.387 e. The number of anilines is 2. The van der Waals surface area contributed by atoms with Gasteiger partial charge in [0, 0.05) is 28.3 Å². The smallest absolute Gasteiger partial charge is 0.270 e. The van der Waals surface area contributed by atoms with E-state index in [-0.39, 0.29) is 18.1 Å². The zero-order valence-electron chi connectivity index (χ0n) is 16.6. The summed E-state index contributed by atoms with van der Waals surface area (Å²) < 4.78 is 1.83. The summed E-state index contributed by atoms with van der Waals surface area (Å²) in [5.74, 6) is 0.384. The molecular weight excluding hydrogens is 510 g/mol. The number of rotatable bonds is 8. The average Bonchev–Trinajstić information content (AvgIpc) is 3.24. The first kappa shape index (κ1) is 22.4. The van der Waals surface area contributed by atoms with Crippen molar-refractivity contribution < 1.29 is 9.90 Å². The molecule has 0 saturated carbocycles. The van der Waals surface area contributed by atoms with Gasteiger partial charge in [0.1, 0.15) is 11.5 Å². The first-order valence-electron chi connectivity index (χ1n) is 9.56. The van der Waals surface area contributed by atoms with Gasteiger partial charge in [0.15, 0.2) is 5.13 Å². The highest BCUT2D eigenvalue weighted by Gasteiger charge is 2.13. The first-order valence-corrected chi connectivity index (χ1v) is 12.0. The van der Waals surface area contributed by atoms with Crippen LogP contribution in [-0.2, 0) is 0 Å². The van der Waals surface area contributed by atoms with Gasteiger partial charge in [-0.1, -0.05) is 57.2 Å². The van der Waals surface area contributed by atoms with E-state index in [2.05, 4.69) is 41.5 Å². The van der Waals surface area contributed by atoms with Crippen LogP contribution < -0.4 is 10.6 Å². The molecule has 3 N–H and O–H groups in total. The van der Waals surface area contributed by atoms with Crippen LogP contribution in [0.15, 0.2) is 86.8 Å². The fraction of sp³-hybridized carbons (Fsp3) is 0.0909. The number of aliphatic hydroxyl groups excluding tert-OH is 1. The lowest BCUT2D eigenvalue weighted by molar-refractivity contribution is 0.0911. The standard InChI is InChI=1S/C22H18BrN5O2S2/c23-15-5-3-4-14(10-15)18(29)12-26-21(30)17-11-16(7-9-24-17)31-20-13-27-22(32-20)28-19-6-1-2-8-25-19/h1-11,13,18,29H,12H2,(H,26,30)(H,25,27,28). The van der Waals surface area contributed by atoms with Crippen LogP contribution in [0.5, 0.6) is 0 Å². The second-order valence-electron chi connectivity index (χ2n) is 6.58. The monoisotopic (exact) mass is 527 g/mol. The molecule has 0 spiro atoms. The predicted molar refractivity (Wildman–Crippen MR) is 129 cm³/mol. The molecule has 1 aromatic carbocycles.